The number of thioether (sulfide) groups is 1. The molecule has 2 heterocycles. The molecular formula is C18H24FN3O3S. The number of rotatable bonds is 1. The third-order valence-electron chi connectivity index (χ3n) is 4.40. The van der Waals surface area contributed by atoms with Crippen LogP contribution < -0.4 is 11.1 Å². The Morgan fingerprint density at radius 1 is 1.50 bits per heavy atom. The van der Waals surface area contributed by atoms with Gasteiger partial charge in [0, 0.05) is 29.5 Å². The number of aliphatic imine (C=N–C) groups is 1. The molecule has 2 atom stereocenters. The number of halogens is 1. The molecule has 3 N–H and O–H groups in total. The van der Waals surface area contributed by atoms with Crippen molar-refractivity contribution in [1.29, 1.82) is 0 Å². The van der Waals surface area contributed by atoms with Crippen LogP contribution >= 0.6 is 11.8 Å². The molecule has 1 fully saturated rings. The fourth-order valence-electron chi connectivity index (χ4n) is 3.24. The molecule has 0 aliphatic carbocycles. The fraction of sp³-hybridized carbons (Fsp3) is 0.556. The molecule has 0 aromatic heterocycles. The monoisotopic (exact) mass is 381 g/mol. The minimum atomic E-state index is -0.896. The normalized spacial score (nSPS) is 25.8. The van der Waals surface area contributed by atoms with E-state index in [1.54, 1.807) is 26.8 Å². The highest BCUT2D eigenvalue weighted by Gasteiger charge is 2.47. The first-order valence-corrected chi connectivity index (χ1v) is 9.54. The van der Waals surface area contributed by atoms with Gasteiger partial charge in [-0.2, -0.15) is 0 Å². The molecule has 142 valence electrons. The maximum absolute atomic E-state index is 14.6. The van der Waals surface area contributed by atoms with Crippen molar-refractivity contribution in [2.24, 2.45) is 10.9 Å². The van der Waals surface area contributed by atoms with E-state index < -0.39 is 17.2 Å². The van der Waals surface area contributed by atoms with E-state index in [0.717, 1.165) is 6.42 Å². The lowest BCUT2D eigenvalue weighted by atomic mass is 9.76. The van der Waals surface area contributed by atoms with E-state index in [9.17, 15) is 9.18 Å². The van der Waals surface area contributed by atoms with Crippen molar-refractivity contribution in [3.8, 4) is 0 Å². The predicted molar refractivity (Wildman–Crippen MR) is 101 cm³/mol. The number of hydrogen-bond donors (Lipinski definition) is 2. The summed E-state index contributed by atoms with van der Waals surface area (Å²) in [7, 11) is 0. The first-order valence-electron chi connectivity index (χ1n) is 8.55. The lowest BCUT2D eigenvalue weighted by Crippen LogP contribution is -2.49. The maximum atomic E-state index is 14.6. The number of nitrogens with one attached hydrogen (secondary N) is 1. The first kappa shape index (κ1) is 19.0. The van der Waals surface area contributed by atoms with Crippen molar-refractivity contribution < 1.29 is 18.7 Å². The molecular weight excluding hydrogens is 357 g/mol. The summed E-state index contributed by atoms with van der Waals surface area (Å²) in [6, 6.07) is 4.49. The lowest BCUT2D eigenvalue weighted by molar-refractivity contribution is 0.00280. The van der Waals surface area contributed by atoms with Gasteiger partial charge in [0.05, 0.1) is 6.61 Å². The van der Waals surface area contributed by atoms with E-state index in [1.807, 2.05) is 0 Å². The molecule has 0 bridgehead atoms. The number of hydrogen-bond acceptors (Lipinski definition) is 6. The topological polar surface area (TPSA) is 85.9 Å². The SMILES string of the molecule is CC(C)(C)OC(=O)NC1=N[C@@]2(c3cc(N)ccc3F)COCC[C@H]2CS1. The number of nitrogens with zero attached hydrogens (tertiary/aromatic N) is 1. The summed E-state index contributed by atoms with van der Waals surface area (Å²) in [6.07, 6.45) is 0.187. The van der Waals surface area contributed by atoms with E-state index in [1.165, 1.54) is 23.9 Å². The zero-order chi connectivity index (χ0) is 18.9. The van der Waals surface area contributed by atoms with Crippen LogP contribution in [0.2, 0.25) is 0 Å². The van der Waals surface area contributed by atoms with E-state index in [-0.39, 0.29) is 18.3 Å². The molecule has 2 aliphatic rings. The molecule has 2 aliphatic heterocycles. The van der Waals surface area contributed by atoms with Gasteiger partial charge in [-0.1, -0.05) is 11.8 Å². The Hall–Kier alpha value is -1.80. The highest BCUT2D eigenvalue weighted by Crippen LogP contribution is 2.45. The standard InChI is InChI=1S/C18H24FN3O3S/c1-17(2,3)25-16(23)21-15-22-18(10-24-7-6-11(18)9-26-15)13-8-12(20)4-5-14(13)19/h4-5,8,11H,6-7,9-10,20H2,1-3H3,(H,21,22,23)/t11-,18-/m0/s1. The second-order valence-electron chi connectivity index (χ2n) is 7.56. The number of amides is 1. The minimum Gasteiger partial charge on any atom is -0.444 e. The number of carbonyl (C=O) groups is 1. The summed E-state index contributed by atoms with van der Waals surface area (Å²) in [5, 5.41) is 3.09. The van der Waals surface area contributed by atoms with Gasteiger partial charge >= 0.3 is 6.09 Å². The molecule has 1 amide bonds. The number of nitrogen functional groups attached to an aromatic ring is 1. The smallest absolute Gasteiger partial charge is 0.413 e. The number of ether oxygens (including phenoxy) is 2. The van der Waals surface area contributed by atoms with Crippen molar-refractivity contribution in [1.82, 2.24) is 5.32 Å². The molecule has 26 heavy (non-hydrogen) atoms. The highest BCUT2D eigenvalue weighted by atomic mass is 32.2. The second kappa shape index (κ2) is 7.08. The molecule has 1 aromatic carbocycles. The van der Waals surface area contributed by atoms with Gasteiger partial charge in [-0.3, -0.25) is 5.32 Å². The van der Waals surface area contributed by atoms with E-state index >= 15 is 0 Å². The number of carbonyl (C=O) groups excluding carboxylic acids is 1. The average molecular weight is 381 g/mol. The zero-order valence-corrected chi connectivity index (χ0v) is 16.0. The number of anilines is 1. The van der Waals surface area contributed by atoms with Crippen LogP contribution in [-0.4, -0.2) is 35.8 Å². The van der Waals surface area contributed by atoms with Gasteiger partial charge in [0.1, 0.15) is 17.0 Å². The molecule has 3 rings (SSSR count). The number of amidine groups is 1. The summed E-state index contributed by atoms with van der Waals surface area (Å²) in [5.74, 6) is 0.426. The van der Waals surface area contributed by atoms with E-state index in [2.05, 4.69) is 5.32 Å². The minimum absolute atomic E-state index is 0.0988. The summed E-state index contributed by atoms with van der Waals surface area (Å²) in [4.78, 5) is 16.8. The van der Waals surface area contributed by atoms with E-state index in [0.29, 0.717) is 28.8 Å². The van der Waals surface area contributed by atoms with Crippen LogP contribution in [0.25, 0.3) is 0 Å². The molecule has 1 aromatic rings. The van der Waals surface area contributed by atoms with Crippen molar-refractivity contribution >= 4 is 28.7 Å². The van der Waals surface area contributed by atoms with Crippen LogP contribution in [0.15, 0.2) is 23.2 Å². The van der Waals surface area contributed by atoms with Crippen molar-refractivity contribution in [2.75, 3.05) is 24.7 Å². The predicted octanol–water partition coefficient (Wildman–Crippen LogP) is 3.27. The Kier molecular flexibility index (Phi) is 5.16. The lowest BCUT2D eigenvalue weighted by Gasteiger charge is -2.44. The molecule has 8 heteroatoms. The highest BCUT2D eigenvalue weighted by molar-refractivity contribution is 8.13. The zero-order valence-electron chi connectivity index (χ0n) is 15.2. The van der Waals surface area contributed by atoms with Gasteiger partial charge in [-0.05, 0) is 45.4 Å². The summed E-state index contributed by atoms with van der Waals surface area (Å²) in [5.41, 5.74) is 5.25. The number of alkyl carbamates (subject to hydrolysis) is 1. The van der Waals surface area contributed by atoms with Gasteiger partial charge < -0.3 is 15.2 Å². The quantitative estimate of drug-likeness (QED) is 0.729. The number of benzene rings is 1. The van der Waals surface area contributed by atoms with Gasteiger partial charge in [0.2, 0.25) is 0 Å². The van der Waals surface area contributed by atoms with Crippen LogP contribution in [0, 0.1) is 11.7 Å². The Morgan fingerprint density at radius 3 is 3.00 bits per heavy atom. The molecule has 1 saturated heterocycles. The van der Waals surface area contributed by atoms with Crippen LogP contribution in [0.4, 0.5) is 14.9 Å². The van der Waals surface area contributed by atoms with Crippen molar-refractivity contribution in [3.05, 3.63) is 29.6 Å². The first-order chi connectivity index (χ1) is 12.2. The Balaban J connectivity index is 1.95. The van der Waals surface area contributed by atoms with Crippen molar-refractivity contribution in [2.45, 2.75) is 38.3 Å². The van der Waals surface area contributed by atoms with Crippen LogP contribution in [0.1, 0.15) is 32.8 Å². The summed E-state index contributed by atoms with van der Waals surface area (Å²) < 4.78 is 25.6. The molecule has 0 unspecified atom stereocenters. The van der Waals surface area contributed by atoms with Crippen LogP contribution in [-0.2, 0) is 15.0 Å². The van der Waals surface area contributed by atoms with E-state index in [4.69, 9.17) is 20.2 Å². The number of nitrogens with two attached hydrogens (primary N) is 1. The number of fused-ring (bicyclic) bond motifs is 1. The Labute approximate surface area is 156 Å². The third kappa shape index (κ3) is 3.96. The van der Waals surface area contributed by atoms with Crippen molar-refractivity contribution in [3.63, 3.8) is 0 Å². The maximum Gasteiger partial charge on any atom is 0.413 e. The Morgan fingerprint density at radius 2 is 2.27 bits per heavy atom. The van der Waals surface area contributed by atoms with Gasteiger partial charge in [-0.25, -0.2) is 14.2 Å². The molecule has 6 nitrogen and oxygen atoms in total. The van der Waals surface area contributed by atoms with Gasteiger partial charge in [0.15, 0.2) is 5.17 Å². The van der Waals surface area contributed by atoms with Crippen LogP contribution in [0.5, 0.6) is 0 Å². The van der Waals surface area contributed by atoms with Gasteiger partial charge in [0.25, 0.3) is 0 Å². The molecule has 0 saturated carbocycles. The third-order valence-corrected chi connectivity index (χ3v) is 5.43. The molecule has 0 spiro atoms. The summed E-state index contributed by atoms with van der Waals surface area (Å²) >= 11 is 1.44. The fourth-order valence-corrected chi connectivity index (χ4v) is 4.42. The van der Waals surface area contributed by atoms with Crippen LogP contribution in [0.3, 0.4) is 0 Å². The summed E-state index contributed by atoms with van der Waals surface area (Å²) in [6.45, 7) is 6.23. The Bertz CT molecular complexity index is 735. The second-order valence-corrected chi connectivity index (χ2v) is 8.57. The average Bonchev–Trinajstić information content (AvgIpc) is 2.55. The molecule has 0 radical (unpaired) electrons. The van der Waals surface area contributed by atoms with Gasteiger partial charge in [-0.15, -0.1) is 0 Å². The largest absolute Gasteiger partial charge is 0.444 e.